The van der Waals surface area contributed by atoms with Gasteiger partial charge in [0.15, 0.2) is 6.23 Å². The highest BCUT2D eigenvalue weighted by molar-refractivity contribution is 6.34. The van der Waals surface area contributed by atoms with Crippen LogP contribution in [0.2, 0.25) is 5.02 Å². The third-order valence-corrected chi connectivity index (χ3v) is 6.53. The van der Waals surface area contributed by atoms with E-state index in [9.17, 15) is 18.0 Å². The van der Waals surface area contributed by atoms with Crippen LogP contribution in [0.1, 0.15) is 53.5 Å². The van der Waals surface area contributed by atoms with Gasteiger partial charge in [0.25, 0.3) is 5.91 Å². The van der Waals surface area contributed by atoms with Crippen molar-refractivity contribution < 1.29 is 22.7 Å². The number of halogens is 4. The molecule has 0 spiro atoms. The largest absolute Gasteiger partial charge is 0.417 e. The van der Waals surface area contributed by atoms with Crippen LogP contribution >= 0.6 is 11.6 Å². The number of likely N-dealkylation sites (N-methyl/N-ethyl adjacent to an activating group) is 1. The van der Waals surface area contributed by atoms with E-state index in [2.05, 4.69) is 10.4 Å². The summed E-state index contributed by atoms with van der Waals surface area (Å²) < 4.78 is 47.2. The summed E-state index contributed by atoms with van der Waals surface area (Å²) in [5.74, 6) is -0.588. The molecule has 0 bridgehead atoms. The van der Waals surface area contributed by atoms with Crippen LogP contribution in [-0.2, 0) is 10.9 Å². The minimum atomic E-state index is -4.65. The summed E-state index contributed by atoms with van der Waals surface area (Å²) in [6.45, 7) is 1.01. The Bertz CT molecular complexity index is 1120. The Labute approximate surface area is 200 Å². The molecule has 3 heterocycles. The number of aromatic nitrogens is 2. The molecule has 2 aliphatic rings. The van der Waals surface area contributed by atoms with E-state index in [1.54, 1.807) is 24.0 Å². The number of rotatable bonds is 5. The van der Waals surface area contributed by atoms with E-state index in [1.165, 1.54) is 17.0 Å². The Morgan fingerprint density at radius 2 is 2.09 bits per heavy atom. The second-order valence-electron chi connectivity index (χ2n) is 8.21. The lowest BCUT2D eigenvalue weighted by molar-refractivity contribution is -0.137. The van der Waals surface area contributed by atoms with Gasteiger partial charge < -0.3 is 15.0 Å². The van der Waals surface area contributed by atoms with E-state index in [0.29, 0.717) is 24.4 Å². The zero-order chi connectivity index (χ0) is 24.5. The molecule has 182 valence electrons. The van der Waals surface area contributed by atoms with Crippen molar-refractivity contribution in [3.05, 3.63) is 63.6 Å². The van der Waals surface area contributed by atoms with Crippen molar-refractivity contribution in [2.45, 2.75) is 38.1 Å². The molecule has 34 heavy (non-hydrogen) atoms. The lowest BCUT2D eigenvalue weighted by Crippen LogP contribution is -2.41. The first-order valence-corrected chi connectivity index (χ1v) is 11.4. The number of hydrogen-bond acceptors (Lipinski definition) is 5. The Balaban J connectivity index is 1.57. The second-order valence-corrected chi connectivity index (χ2v) is 8.58. The number of nitrogens with one attached hydrogen (secondary N) is 2. The summed E-state index contributed by atoms with van der Waals surface area (Å²) in [5.41, 5.74) is 1.03. The Morgan fingerprint density at radius 1 is 1.29 bits per heavy atom. The fraction of sp³-hybridized carbons (Fsp3) is 0.435. The number of benzene rings is 1. The van der Waals surface area contributed by atoms with Gasteiger partial charge in [0.05, 0.1) is 34.1 Å². The SMILES string of the molecule is CNC1=C(C(=N)c2ccnn2C2CCCCO2)CCN(C(=O)c2cccc(C(F)(F)F)c2Cl)C1. The van der Waals surface area contributed by atoms with Gasteiger partial charge in [0.2, 0.25) is 0 Å². The standard InChI is InChI=1S/C23H25ClF3N5O2/c1-29-17-13-31(22(33)15-5-4-6-16(20(15)24)23(25,26)27)11-9-14(17)21(28)18-8-10-30-32(18)19-7-2-3-12-34-19/h4-6,8,10,19,28-29H,2-3,7,9,11-13H2,1H3. The summed E-state index contributed by atoms with van der Waals surface area (Å²) in [5, 5.41) is 15.6. The molecule has 4 rings (SSSR count). The molecule has 0 saturated carbocycles. The lowest BCUT2D eigenvalue weighted by atomic mass is 9.97. The first-order chi connectivity index (χ1) is 16.2. The van der Waals surface area contributed by atoms with Crippen molar-refractivity contribution in [1.29, 1.82) is 5.41 Å². The third kappa shape index (κ3) is 4.69. The van der Waals surface area contributed by atoms with Crippen LogP contribution in [0.3, 0.4) is 0 Å². The van der Waals surface area contributed by atoms with Gasteiger partial charge in [-0.3, -0.25) is 10.2 Å². The van der Waals surface area contributed by atoms with Gasteiger partial charge in [-0.05, 0) is 43.9 Å². The molecule has 7 nitrogen and oxygen atoms in total. The highest BCUT2D eigenvalue weighted by atomic mass is 35.5. The summed E-state index contributed by atoms with van der Waals surface area (Å²) in [6.07, 6.45) is -0.0408. The minimum Gasteiger partial charge on any atom is -0.390 e. The summed E-state index contributed by atoms with van der Waals surface area (Å²) in [7, 11) is 1.69. The van der Waals surface area contributed by atoms with E-state index >= 15 is 0 Å². The number of carbonyl (C=O) groups is 1. The highest BCUT2D eigenvalue weighted by Gasteiger charge is 2.36. The molecule has 0 aliphatic carbocycles. The van der Waals surface area contributed by atoms with Crippen LogP contribution in [0.25, 0.3) is 0 Å². The van der Waals surface area contributed by atoms with Gasteiger partial charge in [0, 0.05) is 37.7 Å². The van der Waals surface area contributed by atoms with Crippen LogP contribution in [0.4, 0.5) is 13.2 Å². The maximum Gasteiger partial charge on any atom is 0.417 e. The highest BCUT2D eigenvalue weighted by Crippen LogP contribution is 2.37. The van der Waals surface area contributed by atoms with Crippen molar-refractivity contribution in [1.82, 2.24) is 20.0 Å². The number of alkyl halides is 3. The fourth-order valence-corrected chi connectivity index (χ4v) is 4.66. The zero-order valence-electron chi connectivity index (χ0n) is 18.6. The molecular weight excluding hydrogens is 471 g/mol. The van der Waals surface area contributed by atoms with E-state index in [-0.39, 0.29) is 30.6 Å². The van der Waals surface area contributed by atoms with Crippen LogP contribution in [0.15, 0.2) is 41.7 Å². The summed E-state index contributed by atoms with van der Waals surface area (Å²) >= 11 is 5.96. The summed E-state index contributed by atoms with van der Waals surface area (Å²) in [6, 6.07) is 5.09. The average molecular weight is 496 g/mol. The van der Waals surface area contributed by atoms with Gasteiger partial charge in [-0.2, -0.15) is 18.3 Å². The van der Waals surface area contributed by atoms with E-state index in [4.69, 9.17) is 21.7 Å². The maximum absolute atomic E-state index is 13.2. The molecule has 2 N–H and O–H groups in total. The molecule has 1 atom stereocenters. The molecule has 1 unspecified atom stereocenters. The molecule has 1 saturated heterocycles. The van der Waals surface area contributed by atoms with Gasteiger partial charge in [-0.1, -0.05) is 17.7 Å². The molecule has 1 aromatic carbocycles. The Morgan fingerprint density at radius 3 is 2.76 bits per heavy atom. The normalized spacial score (nSPS) is 19.3. The average Bonchev–Trinajstić information content (AvgIpc) is 3.33. The quantitative estimate of drug-likeness (QED) is 0.592. The van der Waals surface area contributed by atoms with Crippen LogP contribution in [0.5, 0.6) is 0 Å². The fourth-order valence-electron chi connectivity index (χ4n) is 4.34. The molecule has 1 aromatic heterocycles. The molecule has 2 aliphatic heterocycles. The molecule has 1 amide bonds. The number of hydrogen-bond donors (Lipinski definition) is 2. The van der Waals surface area contributed by atoms with Crippen molar-refractivity contribution in [2.75, 3.05) is 26.7 Å². The van der Waals surface area contributed by atoms with Crippen LogP contribution in [0, 0.1) is 5.41 Å². The monoisotopic (exact) mass is 495 g/mol. The van der Waals surface area contributed by atoms with Crippen molar-refractivity contribution in [2.24, 2.45) is 0 Å². The molecular formula is C23H25ClF3N5O2. The van der Waals surface area contributed by atoms with Crippen LogP contribution < -0.4 is 5.32 Å². The number of nitrogens with zero attached hydrogens (tertiary/aromatic N) is 3. The molecule has 0 radical (unpaired) electrons. The van der Waals surface area contributed by atoms with Crippen molar-refractivity contribution in [3.63, 3.8) is 0 Å². The predicted octanol–water partition coefficient (Wildman–Crippen LogP) is 4.64. The Kier molecular flexibility index (Phi) is 6.99. The summed E-state index contributed by atoms with van der Waals surface area (Å²) in [4.78, 5) is 14.5. The first-order valence-electron chi connectivity index (χ1n) is 11.0. The maximum atomic E-state index is 13.2. The lowest BCUT2D eigenvalue weighted by Gasteiger charge is -2.32. The second kappa shape index (κ2) is 9.79. The van der Waals surface area contributed by atoms with E-state index in [0.717, 1.165) is 30.9 Å². The number of amides is 1. The van der Waals surface area contributed by atoms with Gasteiger partial charge in [0.1, 0.15) is 0 Å². The first kappa shape index (κ1) is 24.3. The topological polar surface area (TPSA) is 83.2 Å². The number of ether oxygens (including phenoxy) is 1. The van der Waals surface area contributed by atoms with Crippen LogP contribution in [-0.4, -0.2) is 53.0 Å². The minimum absolute atomic E-state index is 0.119. The third-order valence-electron chi connectivity index (χ3n) is 6.13. The zero-order valence-corrected chi connectivity index (χ0v) is 19.3. The number of carbonyl (C=O) groups excluding carboxylic acids is 1. The van der Waals surface area contributed by atoms with Crippen molar-refractivity contribution >= 4 is 23.2 Å². The van der Waals surface area contributed by atoms with Gasteiger partial charge >= 0.3 is 6.18 Å². The predicted molar refractivity (Wildman–Crippen MR) is 121 cm³/mol. The van der Waals surface area contributed by atoms with Gasteiger partial charge in [-0.25, -0.2) is 4.68 Å². The van der Waals surface area contributed by atoms with E-state index in [1.807, 2.05) is 0 Å². The van der Waals surface area contributed by atoms with Gasteiger partial charge in [-0.15, -0.1) is 0 Å². The smallest absolute Gasteiger partial charge is 0.390 e. The molecule has 11 heteroatoms. The molecule has 2 aromatic rings. The Hall–Kier alpha value is -2.85. The van der Waals surface area contributed by atoms with E-state index < -0.39 is 22.7 Å². The molecule has 1 fully saturated rings. The van der Waals surface area contributed by atoms with Crippen molar-refractivity contribution in [3.8, 4) is 0 Å².